The Morgan fingerprint density at radius 3 is 2.70 bits per heavy atom. The van der Waals surface area contributed by atoms with Gasteiger partial charge in [-0.25, -0.2) is 9.18 Å². The Labute approximate surface area is 116 Å². The van der Waals surface area contributed by atoms with E-state index >= 15 is 0 Å². The molecule has 6 nitrogen and oxygen atoms in total. The molecule has 7 heteroatoms. The predicted molar refractivity (Wildman–Crippen MR) is 71.6 cm³/mol. The molecule has 0 aliphatic carbocycles. The number of carbonyl (C=O) groups is 2. The maximum absolute atomic E-state index is 13.5. The molecule has 20 heavy (non-hydrogen) atoms. The zero-order valence-corrected chi connectivity index (χ0v) is 11.4. The first-order valence-electron chi connectivity index (χ1n) is 6.21. The van der Waals surface area contributed by atoms with E-state index in [1.165, 1.54) is 19.1 Å². The van der Waals surface area contributed by atoms with Crippen molar-refractivity contribution in [3.05, 3.63) is 29.6 Å². The number of hydrogen-bond donors (Lipinski definition) is 3. The van der Waals surface area contributed by atoms with Gasteiger partial charge in [0.1, 0.15) is 11.6 Å². The highest BCUT2D eigenvalue weighted by Gasteiger charge is 2.17. The second-order valence-electron chi connectivity index (χ2n) is 4.07. The van der Waals surface area contributed by atoms with Crippen LogP contribution in [0.25, 0.3) is 0 Å². The summed E-state index contributed by atoms with van der Waals surface area (Å²) in [7, 11) is 0. The van der Waals surface area contributed by atoms with E-state index in [2.05, 4.69) is 10.6 Å². The summed E-state index contributed by atoms with van der Waals surface area (Å²) in [6.07, 6.45) is -0.930. The van der Waals surface area contributed by atoms with Crippen LogP contribution in [0.4, 0.5) is 9.18 Å². The Hall–Kier alpha value is -2.15. The summed E-state index contributed by atoms with van der Waals surface area (Å²) in [4.78, 5) is 22.8. The Kier molecular flexibility index (Phi) is 5.92. The first-order valence-corrected chi connectivity index (χ1v) is 6.21. The Morgan fingerprint density at radius 1 is 1.45 bits per heavy atom. The molecule has 0 aliphatic heterocycles. The summed E-state index contributed by atoms with van der Waals surface area (Å²) in [5.41, 5.74) is 5.70. The SMILES string of the molecule is CCNC(=O)NC(=O)C(C)Oc1ccc(CN)c(F)c1. The second-order valence-corrected chi connectivity index (χ2v) is 4.07. The number of nitrogens with one attached hydrogen (secondary N) is 2. The summed E-state index contributed by atoms with van der Waals surface area (Å²) >= 11 is 0. The van der Waals surface area contributed by atoms with Crippen molar-refractivity contribution in [2.24, 2.45) is 5.73 Å². The third-order valence-corrected chi connectivity index (χ3v) is 2.50. The third kappa shape index (κ3) is 4.51. The zero-order valence-electron chi connectivity index (χ0n) is 11.4. The molecule has 1 atom stereocenters. The van der Waals surface area contributed by atoms with E-state index in [1.54, 1.807) is 6.92 Å². The fourth-order valence-corrected chi connectivity index (χ4v) is 1.44. The summed E-state index contributed by atoms with van der Waals surface area (Å²) in [5.74, 6) is -0.918. The molecule has 0 saturated heterocycles. The lowest BCUT2D eigenvalue weighted by atomic mass is 10.2. The van der Waals surface area contributed by atoms with Crippen LogP contribution in [-0.4, -0.2) is 24.6 Å². The van der Waals surface area contributed by atoms with Crippen molar-refractivity contribution in [3.63, 3.8) is 0 Å². The molecule has 0 fully saturated rings. The Bertz CT molecular complexity index is 494. The van der Waals surface area contributed by atoms with Gasteiger partial charge in [0.05, 0.1) is 0 Å². The summed E-state index contributed by atoms with van der Waals surface area (Å²) < 4.78 is 18.8. The number of amides is 3. The monoisotopic (exact) mass is 283 g/mol. The molecule has 0 saturated carbocycles. The number of hydrogen-bond acceptors (Lipinski definition) is 4. The number of rotatable bonds is 5. The van der Waals surface area contributed by atoms with Gasteiger partial charge in [0.25, 0.3) is 5.91 Å². The van der Waals surface area contributed by atoms with Crippen LogP contribution in [0.5, 0.6) is 5.75 Å². The van der Waals surface area contributed by atoms with Crippen molar-refractivity contribution >= 4 is 11.9 Å². The molecule has 0 heterocycles. The molecular weight excluding hydrogens is 265 g/mol. The minimum atomic E-state index is -0.930. The molecule has 0 spiro atoms. The normalized spacial score (nSPS) is 11.6. The van der Waals surface area contributed by atoms with Gasteiger partial charge < -0.3 is 15.8 Å². The first kappa shape index (κ1) is 15.9. The topological polar surface area (TPSA) is 93.5 Å². The van der Waals surface area contributed by atoms with E-state index in [0.717, 1.165) is 6.07 Å². The maximum Gasteiger partial charge on any atom is 0.321 e. The minimum absolute atomic E-state index is 0.0827. The number of halogens is 1. The average molecular weight is 283 g/mol. The van der Waals surface area contributed by atoms with Crippen molar-refractivity contribution in [2.45, 2.75) is 26.5 Å². The summed E-state index contributed by atoms with van der Waals surface area (Å²) in [6, 6.07) is 3.55. The number of urea groups is 1. The number of nitrogens with two attached hydrogens (primary N) is 1. The van der Waals surface area contributed by atoms with E-state index < -0.39 is 23.9 Å². The third-order valence-electron chi connectivity index (χ3n) is 2.50. The predicted octanol–water partition coefficient (Wildman–Crippen LogP) is 0.897. The van der Waals surface area contributed by atoms with Gasteiger partial charge in [-0.05, 0) is 19.9 Å². The molecule has 1 aromatic carbocycles. The van der Waals surface area contributed by atoms with Crippen LogP contribution in [-0.2, 0) is 11.3 Å². The van der Waals surface area contributed by atoms with Gasteiger partial charge in [0, 0.05) is 24.7 Å². The van der Waals surface area contributed by atoms with Crippen molar-refractivity contribution in [3.8, 4) is 5.75 Å². The van der Waals surface area contributed by atoms with Crippen LogP contribution in [0.1, 0.15) is 19.4 Å². The summed E-state index contributed by atoms with van der Waals surface area (Å²) in [5, 5.41) is 4.53. The van der Waals surface area contributed by atoms with Crippen LogP contribution < -0.4 is 21.1 Å². The van der Waals surface area contributed by atoms with Gasteiger partial charge in [0.15, 0.2) is 6.10 Å². The molecule has 1 unspecified atom stereocenters. The standard InChI is InChI=1S/C13H18FN3O3/c1-3-16-13(19)17-12(18)8(2)20-10-5-4-9(7-15)11(14)6-10/h4-6,8H,3,7,15H2,1-2H3,(H2,16,17,18,19). The highest BCUT2D eigenvalue weighted by molar-refractivity contribution is 5.96. The van der Waals surface area contributed by atoms with Gasteiger partial charge in [-0.2, -0.15) is 0 Å². The highest BCUT2D eigenvalue weighted by Crippen LogP contribution is 2.17. The Balaban J connectivity index is 2.61. The van der Waals surface area contributed by atoms with Crippen LogP contribution >= 0.6 is 0 Å². The lowest BCUT2D eigenvalue weighted by Crippen LogP contribution is -2.45. The molecule has 4 N–H and O–H groups in total. The van der Waals surface area contributed by atoms with Crippen molar-refractivity contribution < 1.29 is 18.7 Å². The second kappa shape index (κ2) is 7.44. The fourth-order valence-electron chi connectivity index (χ4n) is 1.44. The number of ether oxygens (including phenoxy) is 1. The van der Waals surface area contributed by atoms with Crippen molar-refractivity contribution in [1.82, 2.24) is 10.6 Å². The smallest absolute Gasteiger partial charge is 0.321 e. The first-order chi connectivity index (χ1) is 9.47. The Morgan fingerprint density at radius 2 is 2.15 bits per heavy atom. The van der Waals surface area contributed by atoms with Crippen LogP contribution in [0.15, 0.2) is 18.2 Å². The molecule has 3 amide bonds. The quantitative estimate of drug-likeness (QED) is 0.748. The highest BCUT2D eigenvalue weighted by atomic mass is 19.1. The fraction of sp³-hybridized carbons (Fsp3) is 0.385. The van der Waals surface area contributed by atoms with Gasteiger partial charge in [-0.1, -0.05) is 6.07 Å². The maximum atomic E-state index is 13.5. The molecule has 0 aromatic heterocycles. The van der Waals surface area contributed by atoms with E-state index in [-0.39, 0.29) is 12.3 Å². The van der Waals surface area contributed by atoms with E-state index in [4.69, 9.17) is 10.5 Å². The lowest BCUT2D eigenvalue weighted by Gasteiger charge is -2.14. The molecule has 110 valence electrons. The molecule has 0 radical (unpaired) electrons. The van der Waals surface area contributed by atoms with Gasteiger partial charge >= 0.3 is 6.03 Å². The number of benzene rings is 1. The van der Waals surface area contributed by atoms with Crippen LogP contribution in [0, 0.1) is 5.82 Å². The zero-order chi connectivity index (χ0) is 15.1. The largest absolute Gasteiger partial charge is 0.481 e. The summed E-state index contributed by atoms with van der Waals surface area (Å²) in [6.45, 7) is 3.68. The van der Waals surface area contributed by atoms with Crippen molar-refractivity contribution in [2.75, 3.05) is 6.54 Å². The van der Waals surface area contributed by atoms with Gasteiger partial charge in [0.2, 0.25) is 0 Å². The van der Waals surface area contributed by atoms with E-state index in [9.17, 15) is 14.0 Å². The van der Waals surface area contributed by atoms with Crippen LogP contribution in [0.3, 0.4) is 0 Å². The van der Waals surface area contributed by atoms with Gasteiger partial charge in [-0.3, -0.25) is 10.1 Å². The van der Waals surface area contributed by atoms with Gasteiger partial charge in [-0.15, -0.1) is 0 Å². The molecular formula is C13H18FN3O3. The number of imide groups is 1. The molecule has 0 aliphatic rings. The average Bonchev–Trinajstić information content (AvgIpc) is 2.39. The number of carbonyl (C=O) groups excluding carboxylic acids is 2. The molecule has 1 aromatic rings. The molecule has 0 bridgehead atoms. The van der Waals surface area contributed by atoms with Crippen LogP contribution in [0.2, 0.25) is 0 Å². The van der Waals surface area contributed by atoms with Crippen molar-refractivity contribution in [1.29, 1.82) is 0 Å². The minimum Gasteiger partial charge on any atom is -0.481 e. The molecule has 1 rings (SSSR count). The van der Waals surface area contributed by atoms with E-state index in [1.807, 2.05) is 0 Å². The van der Waals surface area contributed by atoms with E-state index in [0.29, 0.717) is 12.1 Å². The lowest BCUT2D eigenvalue weighted by molar-refractivity contribution is -0.126.